The third kappa shape index (κ3) is 10.1. The second-order valence-electron chi connectivity index (χ2n) is 10.3. The maximum absolute atomic E-state index is 12.1. The largest absolute Gasteiger partial charge is 0.497 e. The average molecular weight is 685 g/mol. The zero-order chi connectivity index (χ0) is 34.2. The predicted octanol–water partition coefficient (Wildman–Crippen LogP) is 12.0. The van der Waals surface area contributed by atoms with E-state index in [2.05, 4.69) is 38.1 Å². The van der Waals surface area contributed by atoms with E-state index in [9.17, 15) is 9.59 Å². The molecule has 0 fully saturated rings. The first kappa shape index (κ1) is 38.3. The highest BCUT2D eigenvalue weighted by Gasteiger charge is 2.23. The molecule has 248 valence electrons. The number of esters is 1. The van der Waals surface area contributed by atoms with Gasteiger partial charge in [-0.15, -0.1) is 22.7 Å². The van der Waals surface area contributed by atoms with Gasteiger partial charge in [0.2, 0.25) is 0 Å². The fourth-order valence-electron chi connectivity index (χ4n) is 5.29. The van der Waals surface area contributed by atoms with E-state index in [0.29, 0.717) is 18.6 Å². The Balaban J connectivity index is 0.00000116. The molecule has 1 aliphatic carbocycles. The van der Waals surface area contributed by atoms with Crippen molar-refractivity contribution in [1.29, 1.82) is 0 Å². The van der Waals surface area contributed by atoms with Crippen LogP contribution in [-0.2, 0) is 9.59 Å². The summed E-state index contributed by atoms with van der Waals surface area (Å²) in [6, 6.07) is 20.7. The van der Waals surface area contributed by atoms with Crippen molar-refractivity contribution in [3.05, 3.63) is 81.5 Å². The van der Waals surface area contributed by atoms with Gasteiger partial charge >= 0.3 is 5.97 Å². The highest BCUT2D eigenvalue weighted by atomic mass is 32.1. The van der Waals surface area contributed by atoms with Gasteiger partial charge in [0, 0.05) is 59.8 Å². The minimum Gasteiger partial charge on any atom is -0.497 e. The number of carbonyl (C=O) groups is 2. The summed E-state index contributed by atoms with van der Waals surface area (Å²) in [5.74, 6) is 1.19. The fourth-order valence-corrected chi connectivity index (χ4v) is 7.40. The van der Waals surface area contributed by atoms with E-state index in [4.69, 9.17) is 36.9 Å². The number of ether oxygens (including phenoxy) is 2. The number of carbonyl (C=O) groups excluding carboxylic acids is 2. The van der Waals surface area contributed by atoms with Crippen LogP contribution in [-0.4, -0.2) is 18.9 Å². The lowest BCUT2D eigenvalue weighted by Gasteiger charge is -2.07. The molecule has 1 aliphatic rings. The normalized spacial score (nSPS) is 11.8. The van der Waals surface area contributed by atoms with Crippen LogP contribution in [0.2, 0.25) is 0 Å². The van der Waals surface area contributed by atoms with Crippen LogP contribution >= 0.6 is 22.7 Å². The molecular weight excluding hydrogens is 650 g/mol. The van der Waals surface area contributed by atoms with Crippen LogP contribution in [0.1, 0.15) is 66.3 Å². The minimum absolute atomic E-state index is 0.0898. The van der Waals surface area contributed by atoms with Crippen molar-refractivity contribution in [3.63, 3.8) is 0 Å². The smallest absolute Gasteiger partial charge is 0.311 e. The van der Waals surface area contributed by atoms with E-state index in [-0.39, 0.29) is 18.2 Å². The molecule has 0 spiro atoms. The van der Waals surface area contributed by atoms with Gasteiger partial charge in [-0.1, -0.05) is 0 Å². The summed E-state index contributed by atoms with van der Waals surface area (Å²) >= 11 is 3.67. The molecule has 4 aromatic rings. The van der Waals surface area contributed by atoms with E-state index in [1.54, 1.807) is 7.11 Å². The van der Waals surface area contributed by atoms with E-state index >= 15 is 0 Å². The van der Waals surface area contributed by atoms with Gasteiger partial charge in [-0.05, 0) is 141 Å². The molecule has 2 aromatic heterocycles. The lowest BCUT2D eigenvalue weighted by Crippen LogP contribution is -2.08. The number of methoxy groups -OCH3 is 1. The number of benzene rings is 2. The Morgan fingerprint density at radius 3 is 1.54 bits per heavy atom. The molecule has 2 heterocycles. The summed E-state index contributed by atoms with van der Waals surface area (Å²) in [5.41, 5.74) is 8.02. The van der Waals surface area contributed by atoms with Gasteiger partial charge in [-0.2, -0.15) is 0 Å². The van der Waals surface area contributed by atoms with Crippen molar-refractivity contribution < 1.29 is 46.5 Å². The predicted molar refractivity (Wildman–Crippen MR) is 173 cm³/mol. The number of hydrogen-bond acceptors (Lipinski definition) is 6. The van der Waals surface area contributed by atoms with Gasteiger partial charge < -0.3 is 14.3 Å². The molecule has 0 aliphatic heterocycles. The first-order valence-corrected chi connectivity index (χ1v) is 15.8. The molecule has 0 bridgehead atoms. The first-order chi connectivity index (χ1) is 22.3. The molecule has 0 saturated carbocycles. The Hall–Kier alpha value is -3.90. The van der Waals surface area contributed by atoms with Crippen LogP contribution in [0.3, 0.4) is 0 Å². The molecular formula is C34H34F6O4S2. The molecule has 12 heteroatoms. The SMILES string of the molecule is COc1ccc(-c2cc(C3=C(c4cc(-c5ccc(OC(=O)CCCC(C)=O)cc5)sc4C)CCC3)c(C)s2)cc1.FF.FF.FF. The summed E-state index contributed by atoms with van der Waals surface area (Å²) in [4.78, 5) is 28.4. The van der Waals surface area contributed by atoms with Crippen LogP contribution in [0.15, 0.2) is 60.7 Å². The Bertz CT molecular complexity index is 1580. The number of allylic oxidation sites excluding steroid dienone is 2. The molecule has 0 unspecified atom stereocenters. The third-order valence-electron chi connectivity index (χ3n) is 7.36. The van der Waals surface area contributed by atoms with Crippen LogP contribution < -0.4 is 9.47 Å². The van der Waals surface area contributed by atoms with Crippen molar-refractivity contribution in [2.24, 2.45) is 0 Å². The van der Waals surface area contributed by atoms with Crippen molar-refractivity contribution in [1.82, 2.24) is 0 Å². The molecule has 0 saturated heterocycles. The van der Waals surface area contributed by atoms with Crippen LogP contribution in [0.4, 0.5) is 27.4 Å². The van der Waals surface area contributed by atoms with Gasteiger partial charge in [0.15, 0.2) is 0 Å². The molecule has 46 heavy (non-hydrogen) atoms. The number of aryl methyl sites for hydroxylation is 2. The molecule has 5 rings (SSSR count). The number of hydrogen-bond donors (Lipinski definition) is 0. The second kappa shape index (κ2) is 19.6. The summed E-state index contributed by atoms with van der Waals surface area (Å²) < 4.78 is 58.8. The lowest BCUT2D eigenvalue weighted by atomic mass is 9.96. The van der Waals surface area contributed by atoms with E-state index in [1.807, 2.05) is 59.1 Å². The maximum Gasteiger partial charge on any atom is 0.311 e. The van der Waals surface area contributed by atoms with E-state index in [0.717, 1.165) is 24.2 Å². The zero-order valence-corrected chi connectivity index (χ0v) is 27.4. The monoisotopic (exact) mass is 684 g/mol. The minimum atomic E-state index is -0.303. The Morgan fingerprint density at radius 2 is 1.13 bits per heavy atom. The van der Waals surface area contributed by atoms with Crippen LogP contribution in [0.25, 0.3) is 32.0 Å². The standard InChI is InChI=1S/C34H34O4S2.3F2/c1-21(35)7-5-10-34(36)38-27-17-13-25(14-18-27)33-20-31(23(3)40-33)29-9-6-8-28(29)30-19-32(39-22(30)2)24-11-15-26(37-4)16-12-24;3*1-2/h11-20H,5-10H2,1-4H3;;;. The van der Waals surface area contributed by atoms with Gasteiger partial charge in [-0.25, -0.2) is 0 Å². The fraction of sp³-hybridized carbons (Fsp3) is 0.294. The molecule has 0 amide bonds. The molecule has 0 N–H and O–H groups in total. The average Bonchev–Trinajstić information content (AvgIpc) is 3.82. The maximum atomic E-state index is 12.1. The van der Waals surface area contributed by atoms with Crippen LogP contribution in [0.5, 0.6) is 11.5 Å². The van der Waals surface area contributed by atoms with E-state index < -0.39 is 0 Å². The number of ketones is 1. The van der Waals surface area contributed by atoms with Crippen molar-refractivity contribution >= 4 is 45.6 Å². The zero-order valence-electron chi connectivity index (χ0n) is 25.7. The first-order valence-electron chi connectivity index (χ1n) is 14.1. The number of thiophene rings is 2. The summed E-state index contributed by atoms with van der Waals surface area (Å²) in [7, 11) is 1.70. The van der Waals surface area contributed by atoms with Gasteiger partial charge in [0.05, 0.1) is 7.11 Å². The summed E-state index contributed by atoms with van der Waals surface area (Å²) in [5, 5.41) is 0. The van der Waals surface area contributed by atoms with Gasteiger partial charge in [0.1, 0.15) is 17.3 Å². The van der Waals surface area contributed by atoms with Crippen LogP contribution in [0, 0.1) is 13.8 Å². The Kier molecular flexibility index (Phi) is 16.3. The number of halogens is 6. The quantitative estimate of drug-likeness (QED) is 0.0948. The topological polar surface area (TPSA) is 52.6 Å². The Morgan fingerprint density at radius 1 is 0.696 bits per heavy atom. The number of Topliss-reactive ketones (excluding diaryl/α,β-unsaturated/α-hetero) is 1. The molecule has 0 atom stereocenters. The number of rotatable bonds is 10. The second-order valence-corrected chi connectivity index (χ2v) is 12.8. The highest BCUT2D eigenvalue weighted by molar-refractivity contribution is 7.16. The van der Waals surface area contributed by atoms with Crippen molar-refractivity contribution in [2.75, 3.05) is 7.11 Å². The summed E-state index contributed by atoms with van der Waals surface area (Å²) in [6.45, 7) is 5.99. The summed E-state index contributed by atoms with van der Waals surface area (Å²) in [6.07, 6.45) is 4.55. The van der Waals surface area contributed by atoms with Gasteiger partial charge in [0.25, 0.3) is 0 Å². The highest BCUT2D eigenvalue weighted by Crippen LogP contribution is 2.47. The van der Waals surface area contributed by atoms with E-state index in [1.165, 1.54) is 60.7 Å². The van der Waals surface area contributed by atoms with Crippen molar-refractivity contribution in [3.8, 4) is 32.4 Å². The molecule has 0 radical (unpaired) electrons. The molecule has 4 nitrogen and oxygen atoms in total. The lowest BCUT2D eigenvalue weighted by molar-refractivity contribution is -0.134. The Labute approximate surface area is 271 Å². The molecule has 2 aromatic carbocycles. The van der Waals surface area contributed by atoms with Gasteiger partial charge in [-0.3, -0.25) is 4.79 Å². The third-order valence-corrected chi connectivity index (χ3v) is 9.56. The van der Waals surface area contributed by atoms with Crippen molar-refractivity contribution in [2.45, 2.75) is 59.3 Å².